The summed E-state index contributed by atoms with van der Waals surface area (Å²) in [5.41, 5.74) is 0.842. The van der Waals surface area contributed by atoms with Gasteiger partial charge in [-0.2, -0.15) is 0 Å². The minimum atomic E-state index is -0.000283. The first-order chi connectivity index (χ1) is 9.21. The Labute approximate surface area is 119 Å². The molecule has 0 spiro atoms. The number of nitrogens with zero attached hydrogens (tertiary/aromatic N) is 1. The summed E-state index contributed by atoms with van der Waals surface area (Å²) in [7, 11) is 3.32. The lowest BCUT2D eigenvalue weighted by Crippen LogP contribution is -2.27. The van der Waals surface area contributed by atoms with Gasteiger partial charge in [-0.25, -0.2) is 4.98 Å². The van der Waals surface area contributed by atoms with Crippen molar-refractivity contribution >= 4 is 17.4 Å². The van der Waals surface area contributed by atoms with Crippen molar-refractivity contribution in [1.29, 1.82) is 0 Å². The van der Waals surface area contributed by atoms with Crippen molar-refractivity contribution in [2.24, 2.45) is 0 Å². The number of hydrogen-bond acceptors (Lipinski definition) is 5. The summed E-state index contributed by atoms with van der Waals surface area (Å²) in [6.07, 6.45) is -0.000283. The van der Waals surface area contributed by atoms with Crippen LogP contribution < -0.4 is 10.6 Å². The highest BCUT2D eigenvalue weighted by atomic mass is 35.5. The molecule has 1 aromatic rings. The van der Waals surface area contributed by atoms with Gasteiger partial charge in [-0.1, -0.05) is 18.5 Å². The van der Waals surface area contributed by atoms with E-state index in [1.165, 1.54) is 0 Å². The molecule has 1 unspecified atom stereocenters. The van der Waals surface area contributed by atoms with Crippen LogP contribution in [0.5, 0.6) is 0 Å². The highest BCUT2D eigenvalue weighted by molar-refractivity contribution is 6.31. The number of methoxy groups -OCH3 is 2. The molecule has 0 bridgehead atoms. The number of ether oxygens (including phenoxy) is 2. The summed E-state index contributed by atoms with van der Waals surface area (Å²) in [6.45, 7) is 4.77. The Morgan fingerprint density at radius 3 is 2.79 bits per heavy atom. The third kappa shape index (κ3) is 5.74. The molecule has 0 radical (unpaired) electrons. The molecule has 0 fully saturated rings. The molecule has 2 N–H and O–H groups in total. The average molecular weight is 288 g/mol. The van der Waals surface area contributed by atoms with Crippen LogP contribution in [0.3, 0.4) is 0 Å². The summed E-state index contributed by atoms with van der Waals surface area (Å²) in [5.74, 6) is 0.787. The van der Waals surface area contributed by atoms with Crippen LogP contribution >= 0.6 is 11.6 Å². The molecule has 0 amide bonds. The summed E-state index contributed by atoms with van der Waals surface area (Å²) >= 11 is 6.10. The van der Waals surface area contributed by atoms with Crippen molar-refractivity contribution in [2.75, 3.05) is 39.2 Å². The molecule has 0 aliphatic heterocycles. The summed E-state index contributed by atoms with van der Waals surface area (Å²) in [6, 6.07) is 3.71. The Hall–Kier alpha value is -0.880. The lowest BCUT2D eigenvalue weighted by molar-refractivity contribution is 0.0365. The lowest BCUT2D eigenvalue weighted by Gasteiger charge is -2.16. The van der Waals surface area contributed by atoms with Crippen LogP contribution in [0.2, 0.25) is 5.02 Å². The minimum absolute atomic E-state index is 0.000283. The standard InChI is InChI=1S/C13H22ClN3O2/c1-4-15-8-12-11(14)5-6-13(17-12)16-7-10(19-3)9-18-2/h5-6,10,15H,4,7-9H2,1-3H3,(H,16,17). The molecule has 0 aliphatic rings. The molecule has 0 saturated heterocycles. The van der Waals surface area contributed by atoms with E-state index in [1.54, 1.807) is 14.2 Å². The van der Waals surface area contributed by atoms with Gasteiger partial charge in [-0.05, 0) is 18.7 Å². The predicted molar refractivity (Wildman–Crippen MR) is 77.8 cm³/mol. The SMILES string of the molecule is CCNCc1nc(NCC(COC)OC)ccc1Cl. The molecule has 1 aromatic heterocycles. The van der Waals surface area contributed by atoms with Crippen LogP contribution in [0.4, 0.5) is 5.82 Å². The van der Waals surface area contributed by atoms with Crippen molar-refractivity contribution in [1.82, 2.24) is 10.3 Å². The molecule has 6 heteroatoms. The molecule has 1 heterocycles. The summed E-state index contributed by atoms with van der Waals surface area (Å²) < 4.78 is 10.3. The second kappa shape index (κ2) is 9.09. The van der Waals surface area contributed by atoms with Crippen LogP contribution in [-0.2, 0) is 16.0 Å². The van der Waals surface area contributed by atoms with Gasteiger partial charge in [0, 0.05) is 27.3 Å². The Morgan fingerprint density at radius 2 is 2.16 bits per heavy atom. The molecular formula is C13H22ClN3O2. The molecule has 0 aromatic carbocycles. The fourth-order valence-corrected chi connectivity index (χ4v) is 1.74. The molecule has 0 aliphatic carbocycles. The number of hydrogen-bond donors (Lipinski definition) is 2. The topological polar surface area (TPSA) is 55.4 Å². The summed E-state index contributed by atoms with van der Waals surface area (Å²) in [5, 5.41) is 7.10. The van der Waals surface area contributed by atoms with Gasteiger partial charge in [0.15, 0.2) is 0 Å². The van der Waals surface area contributed by atoms with E-state index < -0.39 is 0 Å². The zero-order chi connectivity index (χ0) is 14.1. The number of halogens is 1. The Balaban J connectivity index is 2.58. The van der Waals surface area contributed by atoms with Crippen LogP contribution in [0.15, 0.2) is 12.1 Å². The summed E-state index contributed by atoms with van der Waals surface area (Å²) in [4.78, 5) is 4.47. The second-order valence-electron chi connectivity index (χ2n) is 4.10. The van der Waals surface area contributed by atoms with Gasteiger partial charge in [0.25, 0.3) is 0 Å². The maximum Gasteiger partial charge on any atom is 0.126 e. The van der Waals surface area contributed by atoms with E-state index in [2.05, 4.69) is 15.6 Å². The first-order valence-corrected chi connectivity index (χ1v) is 6.70. The van der Waals surface area contributed by atoms with E-state index in [0.29, 0.717) is 24.7 Å². The minimum Gasteiger partial charge on any atom is -0.382 e. The third-order valence-electron chi connectivity index (χ3n) is 2.66. The van der Waals surface area contributed by atoms with Gasteiger partial charge < -0.3 is 20.1 Å². The van der Waals surface area contributed by atoms with Crippen molar-refractivity contribution in [3.8, 4) is 0 Å². The Kier molecular flexibility index (Phi) is 7.74. The molecular weight excluding hydrogens is 266 g/mol. The van der Waals surface area contributed by atoms with Gasteiger partial charge >= 0.3 is 0 Å². The van der Waals surface area contributed by atoms with Crippen LogP contribution in [0, 0.1) is 0 Å². The fraction of sp³-hybridized carbons (Fsp3) is 0.615. The maximum atomic E-state index is 6.10. The van der Waals surface area contributed by atoms with E-state index in [4.69, 9.17) is 21.1 Å². The van der Waals surface area contributed by atoms with Crippen LogP contribution in [0.1, 0.15) is 12.6 Å². The van der Waals surface area contributed by atoms with Crippen LogP contribution in [0.25, 0.3) is 0 Å². The first-order valence-electron chi connectivity index (χ1n) is 6.33. The van der Waals surface area contributed by atoms with Crippen molar-refractivity contribution in [3.63, 3.8) is 0 Å². The molecule has 5 nitrogen and oxygen atoms in total. The molecule has 19 heavy (non-hydrogen) atoms. The molecule has 1 atom stereocenters. The fourth-order valence-electron chi connectivity index (χ4n) is 1.56. The molecule has 1 rings (SSSR count). The van der Waals surface area contributed by atoms with Crippen molar-refractivity contribution in [3.05, 3.63) is 22.8 Å². The highest BCUT2D eigenvalue weighted by Gasteiger charge is 2.08. The number of nitrogens with one attached hydrogen (secondary N) is 2. The largest absolute Gasteiger partial charge is 0.382 e. The quantitative estimate of drug-likeness (QED) is 0.727. The van der Waals surface area contributed by atoms with E-state index in [1.807, 2.05) is 19.1 Å². The molecule has 0 saturated carbocycles. The maximum absolute atomic E-state index is 6.10. The van der Waals surface area contributed by atoms with Crippen molar-refractivity contribution < 1.29 is 9.47 Å². The first kappa shape index (κ1) is 16.2. The number of pyridine rings is 1. The third-order valence-corrected chi connectivity index (χ3v) is 3.00. The smallest absolute Gasteiger partial charge is 0.126 e. The van der Waals surface area contributed by atoms with Gasteiger partial charge in [0.2, 0.25) is 0 Å². The van der Waals surface area contributed by atoms with E-state index in [9.17, 15) is 0 Å². The van der Waals surface area contributed by atoms with Crippen molar-refractivity contribution in [2.45, 2.75) is 19.6 Å². The Morgan fingerprint density at radius 1 is 1.37 bits per heavy atom. The average Bonchev–Trinajstić information content (AvgIpc) is 2.43. The predicted octanol–water partition coefficient (Wildman–Crippen LogP) is 1.92. The zero-order valence-corrected chi connectivity index (χ0v) is 12.5. The van der Waals surface area contributed by atoms with E-state index >= 15 is 0 Å². The second-order valence-corrected chi connectivity index (χ2v) is 4.51. The Bertz CT molecular complexity index is 377. The van der Waals surface area contributed by atoms with E-state index in [-0.39, 0.29) is 6.10 Å². The number of rotatable bonds is 9. The van der Waals surface area contributed by atoms with Crippen LogP contribution in [-0.4, -0.2) is 45.0 Å². The zero-order valence-electron chi connectivity index (χ0n) is 11.7. The lowest BCUT2D eigenvalue weighted by atomic mass is 10.3. The highest BCUT2D eigenvalue weighted by Crippen LogP contribution is 2.16. The van der Waals surface area contributed by atoms with Gasteiger partial charge in [-0.3, -0.25) is 0 Å². The van der Waals surface area contributed by atoms with Gasteiger partial charge in [-0.15, -0.1) is 0 Å². The van der Waals surface area contributed by atoms with Gasteiger partial charge in [0.1, 0.15) is 5.82 Å². The number of aromatic nitrogens is 1. The number of anilines is 1. The normalized spacial score (nSPS) is 12.4. The monoisotopic (exact) mass is 287 g/mol. The molecule has 108 valence electrons. The van der Waals surface area contributed by atoms with Gasteiger partial charge in [0.05, 0.1) is 23.4 Å². The van der Waals surface area contributed by atoms with E-state index in [0.717, 1.165) is 18.1 Å².